The molecule has 4 aromatic rings. The van der Waals surface area contributed by atoms with E-state index in [2.05, 4.69) is 74.5 Å². The first kappa shape index (κ1) is 17.6. The number of Topliss-reactive ketones (excluding diaryl/α,β-unsaturated/α-hetero) is 1. The Bertz CT molecular complexity index is 1340. The Morgan fingerprint density at radius 2 is 1.31 bits per heavy atom. The van der Waals surface area contributed by atoms with Crippen molar-refractivity contribution >= 4 is 32.9 Å². The fourth-order valence-corrected chi connectivity index (χ4v) is 4.50. The number of carbonyl (C=O) groups is 1. The van der Waals surface area contributed by atoms with Crippen molar-refractivity contribution in [3.63, 3.8) is 0 Å². The maximum Gasteiger partial charge on any atom is 0.189 e. The van der Waals surface area contributed by atoms with Crippen molar-refractivity contribution < 1.29 is 4.79 Å². The maximum absolute atomic E-state index is 13.4. The lowest BCUT2D eigenvalue weighted by Gasteiger charge is -2.15. The van der Waals surface area contributed by atoms with Crippen LogP contribution < -0.4 is 0 Å². The van der Waals surface area contributed by atoms with Crippen LogP contribution in [0.5, 0.6) is 0 Å². The topological polar surface area (TPSA) is 17.1 Å². The van der Waals surface area contributed by atoms with Crippen molar-refractivity contribution in [2.24, 2.45) is 5.92 Å². The smallest absolute Gasteiger partial charge is 0.189 e. The summed E-state index contributed by atoms with van der Waals surface area (Å²) in [6, 6.07) is 29.1. The van der Waals surface area contributed by atoms with Crippen LogP contribution in [-0.2, 0) is 0 Å². The summed E-state index contributed by atoms with van der Waals surface area (Å²) in [5.41, 5.74) is 5.15. The van der Waals surface area contributed by atoms with Gasteiger partial charge in [0.05, 0.1) is 0 Å². The second-order valence-corrected chi connectivity index (χ2v) is 7.87. The van der Waals surface area contributed by atoms with Crippen LogP contribution in [0.4, 0.5) is 0 Å². The van der Waals surface area contributed by atoms with Crippen molar-refractivity contribution in [1.29, 1.82) is 0 Å². The van der Waals surface area contributed by atoms with Crippen LogP contribution in [0.3, 0.4) is 0 Å². The van der Waals surface area contributed by atoms with E-state index in [1.807, 2.05) is 30.3 Å². The molecule has 1 nitrogen and oxygen atoms in total. The van der Waals surface area contributed by atoms with Gasteiger partial charge in [-0.15, -0.1) is 0 Å². The first-order valence-corrected chi connectivity index (χ1v) is 10.1. The summed E-state index contributed by atoms with van der Waals surface area (Å²) in [5, 5.41) is 4.72. The zero-order valence-electron chi connectivity index (χ0n) is 16.6. The van der Waals surface area contributed by atoms with Gasteiger partial charge < -0.3 is 0 Å². The molecule has 0 spiro atoms. The average Bonchev–Trinajstić information content (AvgIpc) is 3.06. The van der Waals surface area contributed by atoms with Crippen LogP contribution in [0.1, 0.15) is 29.8 Å². The summed E-state index contributed by atoms with van der Waals surface area (Å²) >= 11 is 0. The first-order chi connectivity index (χ1) is 14.1. The Kier molecular flexibility index (Phi) is 4.17. The molecule has 4 aromatic carbocycles. The van der Waals surface area contributed by atoms with E-state index in [4.69, 9.17) is 0 Å². The quantitative estimate of drug-likeness (QED) is 0.346. The number of allylic oxidation sites excluding steroid dienone is 4. The van der Waals surface area contributed by atoms with E-state index in [9.17, 15) is 4.79 Å². The van der Waals surface area contributed by atoms with Gasteiger partial charge in [-0.3, -0.25) is 4.79 Å². The molecule has 0 heterocycles. The van der Waals surface area contributed by atoms with E-state index < -0.39 is 0 Å². The molecular formula is C28H22O. The lowest BCUT2D eigenvalue weighted by molar-refractivity contribution is 0.102. The van der Waals surface area contributed by atoms with Crippen LogP contribution in [0, 0.1) is 5.92 Å². The van der Waals surface area contributed by atoms with Gasteiger partial charge in [-0.05, 0) is 57.3 Å². The normalized spacial score (nSPS) is 16.5. The highest BCUT2D eigenvalue weighted by Gasteiger charge is 2.29. The molecule has 1 unspecified atom stereocenters. The van der Waals surface area contributed by atoms with Gasteiger partial charge in [-0.1, -0.05) is 85.8 Å². The minimum absolute atomic E-state index is 0.0788. The summed E-state index contributed by atoms with van der Waals surface area (Å²) in [6.45, 7) is 4.20. The molecule has 0 radical (unpaired) electrons. The van der Waals surface area contributed by atoms with Gasteiger partial charge >= 0.3 is 0 Å². The van der Waals surface area contributed by atoms with Crippen LogP contribution >= 0.6 is 0 Å². The van der Waals surface area contributed by atoms with E-state index >= 15 is 0 Å². The van der Waals surface area contributed by atoms with Crippen LogP contribution in [-0.4, -0.2) is 5.78 Å². The molecule has 0 aromatic heterocycles. The number of hydrogen-bond donors (Lipinski definition) is 0. The number of fused-ring (bicyclic) bond motifs is 2. The second-order valence-electron chi connectivity index (χ2n) is 7.87. The average molecular weight is 374 g/mol. The molecule has 1 aliphatic carbocycles. The van der Waals surface area contributed by atoms with Gasteiger partial charge in [0.2, 0.25) is 0 Å². The van der Waals surface area contributed by atoms with Gasteiger partial charge in [-0.25, -0.2) is 0 Å². The maximum atomic E-state index is 13.4. The van der Waals surface area contributed by atoms with E-state index in [-0.39, 0.29) is 11.7 Å². The SMILES string of the molecule is CC1=C(C(=O)c2ccc3ccccc3c2)C(C)C(c2ccc3ccccc3c2)=C1. The molecule has 29 heavy (non-hydrogen) atoms. The first-order valence-electron chi connectivity index (χ1n) is 10.1. The van der Waals surface area contributed by atoms with E-state index in [0.29, 0.717) is 0 Å². The fraction of sp³-hybridized carbons (Fsp3) is 0.107. The van der Waals surface area contributed by atoms with Crippen molar-refractivity contribution in [3.05, 3.63) is 113 Å². The largest absolute Gasteiger partial charge is 0.289 e. The second kappa shape index (κ2) is 6.86. The molecule has 1 aliphatic rings. The lowest BCUT2D eigenvalue weighted by atomic mass is 9.87. The summed E-state index contributed by atoms with van der Waals surface area (Å²) in [4.78, 5) is 13.4. The molecule has 0 saturated carbocycles. The molecule has 0 saturated heterocycles. The summed E-state index contributed by atoms with van der Waals surface area (Å²) < 4.78 is 0. The molecule has 0 fully saturated rings. The molecule has 5 rings (SSSR count). The number of benzene rings is 4. The number of carbonyl (C=O) groups excluding carboxylic acids is 1. The summed E-state index contributed by atoms with van der Waals surface area (Å²) in [5.74, 6) is 0.211. The molecule has 0 aliphatic heterocycles. The standard InChI is InChI=1S/C28H22O/c1-18-15-26(24-13-11-20-7-3-5-9-22(20)16-24)19(2)27(18)28(29)25-14-12-21-8-4-6-10-23(21)17-25/h3-17,19H,1-2H3. The van der Waals surface area contributed by atoms with Gasteiger partial charge in [0.1, 0.15) is 0 Å². The van der Waals surface area contributed by atoms with Crippen molar-refractivity contribution in [2.45, 2.75) is 13.8 Å². The van der Waals surface area contributed by atoms with Crippen molar-refractivity contribution in [1.82, 2.24) is 0 Å². The van der Waals surface area contributed by atoms with Gasteiger partial charge in [0.15, 0.2) is 5.78 Å². The molecule has 1 atom stereocenters. The van der Waals surface area contributed by atoms with Gasteiger partial charge in [-0.2, -0.15) is 0 Å². The number of hydrogen-bond acceptors (Lipinski definition) is 1. The molecule has 140 valence electrons. The molecule has 1 heteroatoms. The Labute approximate surface area is 171 Å². The third kappa shape index (κ3) is 3.00. The van der Waals surface area contributed by atoms with Gasteiger partial charge in [0, 0.05) is 17.1 Å². The minimum Gasteiger partial charge on any atom is -0.289 e. The third-order valence-electron chi connectivity index (χ3n) is 6.04. The molecule has 0 bridgehead atoms. The Morgan fingerprint density at radius 1 is 0.724 bits per heavy atom. The highest BCUT2D eigenvalue weighted by atomic mass is 16.1. The lowest BCUT2D eigenvalue weighted by Crippen LogP contribution is -2.11. The van der Waals surface area contributed by atoms with Crippen molar-refractivity contribution in [3.8, 4) is 0 Å². The Morgan fingerprint density at radius 3 is 2.00 bits per heavy atom. The van der Waals surface area contributed by atoms with E-state index in [1.165, 1.54) is 21.9 Å². The molecule has 0 amide bonds. The highest BCUT2D eigenvalue weighted by molar-refractivity contribution is 6.13. The third-order valence-corrected chi connectivity index (χ3v) is 6.04. The van der Waals surface area contributed by atoms with Crippen molar-refractivity contribution in [2.75, 3.05) is 0 Å². The van der Waals surface area contributed by atoms with Gasteiger partial charge in [0.25, 0.3) is 0 Å². The number of ketones is 1. The Balaban J connectivity index is 1.50. The van der Waals surface area contributed by atoms with Crippen LogP contribution in [0.15, 0.2) is 102 Å². The molecular weight excluding hydrogens is 352 g/mol. The molecule has 0 N–H and O–H groups in total. The zero-order valence-corrected chi connectivity index (χ0v) is 16.6. The monoisotopic (exact) mass is 374 g/mol. The summed E-state index contributed by atoms with van der Waals surface area (Å²) in [7, 11) is 0. The van der Waals surface area contributed by atoms with Crippen LogP contribution in [0.25, 0.3) is 27.1 Å². The highest BCUT2D eigenvalue weighted by Crippen LogP contribution is 2.40. The van der Waals surface area contributed by atoms with E-state index in [1.54, 1.807) is 0 Å². The Hall–Kier alpha value is -3.45. The zero-order chi connectivity index (χ0) is 20.0. The minimum atomic E-state index is 0.0788. The fourth-order valence-electron chi connectivity index (χ4n) is 4.50. The predicted octanol–water partition coefficient (Wildman–Crippen LogP) is 7.23. The van der Waals surface area contributed by atoms with E-state index in [0.717, 1.165) is 27.5 Å². The van der Waals surface area contributed by atoms with Crippen LogP contribution in [0.2, 0.25) is 0 Å². The number of rotatable bonds is 3. The predicted molar refractivity (Wildman–Crippen MR) is 122 cm³/mol. The summed E-state index contributed by atoms with van der Waals surface area (Å²) in [6.07, 6.45) is 2.18.